The normalized spacial score (nSPS) is 14.4. The number of carbonyl (C=O) groups is 1. The molecule has 0 fully saturated rings. The standard InChI is InChI=1S/C23H42O7Si3/c1-16(23(29-32(5,6)7)30-33(8,9)10)13-21(31)28-20(24)12-11-17-14-18(25-2)22(27-4)19(15-17)26-3/h11-12,14-16,21,23H,13H2,1-10,31H3. The van der Waals surface area contributed by atoms with Crippen LogP contribution in [0.15, 0.2) is 18.2 Å². The number of hydrogen-bond donors (Lipinski definition) is 0. The van der Waals surface area contributed by atoms with Gasteiger partial charge in [0, 0.05) is 12.0 Å². The zero-order valence-corrected chi connectivity index (χ0v) is 26.1. The number of ether oxygens (including phenoxy) is 4. The van der Waals surface area contributed by atoms with Crippen LogP contribution in [-0.2, 0) is 18.4 Å². The molecule has 0 aliphatic rings. The molecule has 0 bridgehead atoms. The maximum atomic E-state index is 12.4. The van der Waals surface area contributed by atoms with Gasteiger partial charge < -0.3 is 27.8 Å². The first-order chi connectivity index (χ1) is 15.2. The maximum absolute atomic E-state index is 12.4. The number of hydrogen-bond acceptors (Lipinski definition) is 7. The molecule has 1 rings (SSSR count). The fraction of sp³-hybridized carbons (Fsp3) is 0.609. The second-order valence-electron chi connectivity index (χ2n) is 10.1. The summed E-state index contributed by atoms with van der Waals surface area (Å²) >= 11 is 0. The summed E-state index contributed by atoms with van der Waals surface area (Å²) in [5, 5.41) is 0. The first-order valence-electron chi connectivity index (χ1n) is 11.2. The van der Waals surface area contributed by atoms with Crippen LogP contribution >= 0.6 is 0 Å². The van der Waals surface area contributed by atoms with Crippen molar-refractivity contribution in [1.29, 1.82) is 0 Å². The Balaban J connectivity index is 2.82. The van der Waals surface area contributed by atoms with Gasteiger partial charge in [0.2, 0.25) is 5.75 Å². The van der Waals surface area contributed by atoms with Crippen molar-refractivity contribution in [2.75, 3.05) is 21.3 Å². The van der Waals surface area contributed by atoms with Crippen LogP contribution in [0.3, 0.4) is 0 Å². The van der Waals surface area contributed by atoms with Crippen molar-refractivity contribution in [2.45, 2.75) is 64.6 Å². The molecule has 0 heterocycles. The molecule has 0 amide bonds. The molecule has 2 atom stereocenters. The van der Waals surface area contributed by atoms with Gasteiger partial charge in [0.25, 0.3) is 0 Å². The highest BCUT2D eigenvalue weighted by atomic mass is 28.4. The Morgan fingerprint density at radius 3 is 1.82 bits per heavy atom. The minimum atomic E-state index is -1.78. The van der Waals surface area contributed by atoms with Gasteiger partial charge in [0.15, 0.2) is 28.1 Å². The molecule has 7 nitrogen and oxygen atoms in total. The van der Waals surface area contributed by atoms with Gasteiger partial charge in [-0.3, -0.25) is 0 Å². The number of rotatable bonds is 13. The molecule has 33 heavy (non-hydrogen) atoms. The molecule has 0 aliphatic carbocycles. The molecule has 10 heteroatoms. The van der Waals surface area contributed by atoms with E-state index in [0.717, 1.165) is 5.56 Å². The zero-order chi connectivity index (χ0) is 25.4. The third kappa shape index (κ3) is 10.9. The van der Waals surface area contributed by atoms with Crippen LogP contribution in [0.4, 0.5) is 0 Å². The van der Waals surface area contributed by atoms with E-state index in [1.54, 1.807) is 39.5 Å². The molecular formula is C23H42O7Si3. The SMILES string of the molecule is COc1cc(C=CC(=O)OC([SiH3])CC(C)C(O[Si](C)(C)C)O[Si](C)(C)C)cc(OC)c1OC. The van der Waals surface area contributed by atoms with Crippen LogP contribution in [0.1, 0.15) is 18.9 Å². The fourth-order valence-electron chi connectivity index (χ4n) is 3.24. The van der Waals surface area contributed by atoms with E-state index in [1.165, 1.54) is 6.08 Å². The summed E-state index contributed by atoms with van der Waals surface area (Å²) in [5.41, 5.74) is 0.599. The molecule has 0 saturated heterocycles. The zero-order valence-electron chi connectivity index (χ0n) is 22.1. The van der Waals surface area contributed by atoms with Gasteiger partial charge in [-0.1, -0.05) is 6.92 Å². The molecule has 0 spiro atoms. The van der Waals surface area contributed by atoms with Gasteiger partial charge in [-0.25, -0.2) is 4.79 Å². The second-order valence-corrected chi connectivity index (χ2v) is 20.3. The van der Waals surface area contributed by atoms with E-state index in [0.29, 0.717) is 33.9 Å². The van der Waals surface area contributed by atoms with Crippen molar-refractivity contribution in [1.82, 2.24) is 0 Å². The Morgan fingerprint density at radius 2 is 1.42 bits per heavy atom. The first-order valence-corrected chi connectivity index (χ1v) is 19.2. The largest absolute Gasteiger partial charge is 0.493 e. The molecular weight excluding hydrogens is 473 g/mol. The predicted molar refractivity (Wildman–Crippen MR) is 141 cm³/mol. The lowest BCUT2D eigenvalue weighted by molar-refractivity contribution is -0.141. The topological polar surface area (TPSA) is 72.5 Å². The Kier molecular flexibility index (Phi) is 11.4. The average molecular weight is 515 g/mol. The van der Waals surface area contributed by atoms with E-state index in [2.05, 4.69) is 46.2 Å². The fourth-order valence-corrected chi connectivity index (χ4v) is 6.26. The number of carbonyl (C=O) groups excluding carboxylic acids is 1. The maximum Gasteiger partial charge on any atom is 0.330 e. The van der Waals surface area contributed by atoms with Crippen LogP contribution in [0.2, 0.25) is 39.3 Å². The Hall–Kier alpha value is -1.60. The van der Waals surface area contributed by atoms with Gasteiger partial charge in [0.05, 0.1) is 37.3 Å². The highest BCUT2D eigenvalue weighted by Crippen LogP contribution is 2.38. The van der Waals surface area contributed by atoms with Gasteiger partial charge in [-0.15, -0.1) is 0 Å². The van der Waals surface area contributed by atoms with Crippen LogP contribution < -0.4 is 14.2 Å². The van der Waals surface area contributed by atoms with E-state index in [-0.39, 0.29) is 23.9 Å². The summed E-state index contributed by atoms with van der Waals surface area (Å²) in [6.07, 6.45) is 3.53. The number of esters is 1. The molecule has 0 radical (unpaired) electrons. The third-order valence-electron chi connectivity index (χ3n) is 4.52. The second kappa shape index (κ2) is 12.7. The average Bonchev–Trinajstić information content (AvgIpc) is 2.68. The monoisotopic (exact) mass is 514 g/mol. The van der Waals surface area contributed by atoms with Crippen molar-refractivity contribution in [3.63, 3.8) is 0 Å². The summed E-state index contributed by atoms with van der Waals surface area (Å²) in [6.45, 7) is 15.1. The highest BCUT2D eigenvalue weighted by molar-refractivity contribution is 6.70. The first kappa shape index (κ1) is 29.4. The third-order valence-corrected chi connectivity index (χ3v) is 7.11. The van der Waals surface area contributed by atoms with Crippen molar-refractivity contribution in [3.05, 3.63) is 23.8 Å². The van der Waals surface area contributed by atoms with E-state index < -0.39 is 16.6 Å². The summed E-state index contributed by atoms with van der Waals surface area (Å²) < 4.78 is 34.4. The number of methoxy groups -OCH3 is 3. The summed E-state index contributed by atoms with van der Waals surface area (Å²) in [6, 6.07) is 3.55. The molecule has 0 aromatic heterocycles. The van der Waals surface area contributed by atoms with Gasteiger partial charge in [0.1, 0.15) is 6.29 Å². The molecule has 0 N–H and O–H groups in total. The van der Waals surface area contributed by atoms with Crippen LogP contribution in [0, 0.1) is 5.92 Å². The van der Waals surface area contributed by atoms with Crippen LogP contribution in [-0.4, -0.2) is 66.2 Å². The number of benzene rings is 1. The van der Waals surface area contributed by atoms with Crippen molar-refractivity contribution < 1.29 is 32.6 Å². The van der Waals surface area contributed by atoms with E-state index in [4.69, 9.17) is 27.8 Å². The minimum Gasteiger partial charge on any atom is -0.493 e. The Bertz CT molecular complexity index is 759. The summed E-state index contributed by atoms with van der Waals surface area (Å²) in [4.78, 5) is 12.4. The quantitative estimate of drug-likeness (QED) is 0.170. The van der Waals surface area contributed by atoms with Gasteiger partial charge >= 0.3 is 5.97 Å². The molecule has 0 saturated carbocycles. The Labute approximate surface area is 204 Å². The summed E-state index contributed by atoms with van der Waals surface area (Å²) in [7, 11) is 1.81. The smallest absolute Gasteiger partial charge is 0.330 e. The highest BCUT2D eigenvalue weighted by Gasteiger charge is 2.31. The van der Waals surface area contributed by atoms with E-state index >= 15 is 0 Å². The molecule has 2 unspecified atom stereocenters. The Morgan fingerprint density at radius 1 is 0.939 bits per heavy atom. The molecule has 1 aromatic rings. The van der Waals surface area contributed by atoms with Crippen molar-refractivity contribution >= 4 is 38.9 Å². The predicted octanol–water partition coefficient (Wildman–Crippen LogP) is 4.02. The lowest BCUT2D eigenvalue weighted by Crippen LogP contribution is -2.44. The van der Waals surface area contributed by atoms with Gasteiger partial charge in [-0.05, 0) is 69.5 Å². The molecule has 188 valence electrons. The van der Waals surface area contributed by atoms with Crippen molar-refractivity contribution in [3.8, 4) is 17.2 Å². The van der Waals surface area contributed by atoms with Crippen LogP contribution in [0.25, 0.3) is 6.08 Å². The lowest BCUT2D eigenvalue weighted by Gasteiger charge is -2.36. The molecule has 1 aromatic carbocycles. The van der Waals surface area contributed by atoms with Crippen molar-refractivity contribution in [2.24, 2.45) is 5.92 Å². The molecule has 0 aliphatic heterocycles. The minimum absolute atomic E-state index is 0.123. The van der Waals surface area contributed by atoms with E-state index in [9.17, 15) is 4.79 Å². The lowest BCUT2D eigenvalue weighted by atomic mass is 10.1. The van der Waals surface area contributed by atoms with E-state index in [1.807, 2.05) is 0 Å². The summed E-state index contributed by atoms with van der Waals surface area (Å²) in [5.74, 6) is 1.29. The van der Waals surface area contributed by atoms with Gasteiger partial charge in [-0.2, -0.15) is 0 Å². The van der Waals surface area contributed by atoms with Crippen LogP contribution in [0.5, 0.6) is 17.2 Å².